The maximum Gasteiger partial charge on any atom is 0.419 e. The molecular formula is C6H10F4O2. The zero-order valence-corrected chi connectivity index (χ0v) is 6.74. The highest BCUT2D eigenvalue weighted by Crippen LogP contribution is 2.37. The van der Waals surface area contributed by atoms with Crippen LogP contribution < -0.4 is 0 Å². The van der Waals surface area contributed by atoms with Gasteiger partial charge in [0.25, 0.3) is 0 Å². The van der Waals surface area contributed by atoms with Crippen molar-refractivity contribution in [3.05, 3.63) is 0 Å². The van der Waals surface area contributed by atoms with E-state index in [1.807, 2.05) is 0 Å². The predicted octanol–water partition coefficient (Wildman–Crippen LogP) is 1.90. The fourth-order valence-electron chi connectivity index (χ4n) is 0.525. The molecule has 0 spiro atoms. The van der Waals surface area contributed by atoms with Crippen LogP contribution in [0.5, 0.6) is 0 Å². The quantitative estimate of drug-likeness (QED) is 0.616. The van der Waals surface area contributed by atoms with E-state index in [1.54, 1.807) is 0 Å². The number of alkyl halides is 4. The molecule has 74 valence electrons. The van der Waals surface area contributed by atoms with Gasteiger partial charge < -0.3 is 9.47 Å². The summed E-state index contributed by atoms with van der Waals surface area (Å²) in [4.78, 5) is 0. The van der Waals surface area contributed by atoms with Crippen LogP contribution in [0.15, 0.2) is 0 Å². The second-order valence-electron chi connectivity index (χ2n) is 2.17. The minimum absolute atomic E-state index is 0.439. The van der Waals surface area contributed by atoms with Gasteiger partial charge in [-0.15, -0.1) is 0 Å². The van der Waals surface area contributed by atoms with E-state index in [4.69, 9.17) is 0 Å². The van der Waals surface area contributed by atoms with Crippen molar-refractivity contribution in [2.45, 2.75) is 18.5 Å². The molecule has 0 aliphatic heterocycles. The summed E-state index contributed by atoms with van der Waals surface area (Å²) in [6.45, 7) is -0.439. The van der Waals surface area contributed by atoms with Gasteiger partial charge in [0.2, 0.25) is 0 Å². The highest BCUT2D eigenvalue weighted by molar-refractivity contribution is 4.76. The highest BCUT2D eigenvalue weighted by atomic mass is 19.3. The van der Waals surface area contributed by atoms with Gasteiger partial charge in [-0.05, 0) is 0 Å². The van der Waals surface area contributed by atoms with E-state index >= 15 is 0 Å². The van der Waals surface area contributed by atoms with E-state index in [-0.39, 0.29) is 0 Å². The molecule has 0 atom stereocenters. The van der Waals surface area contributed by atoms with Gasteiger partial charge in [-0.3, -0.25) is 0 Å². The number of hydrogen-bond donors (Lipinski definition) is 0. The summed E-state index contributed by atoms with van der Waals surface area (Å²) < 4.78 is 56.9. The highest BCUT2D eigenvalue weighted by Gasteiger charge is 2.56. The van der Waals surface area contributed by atoms with Crippen LogP contribution >= 0.6 is 0 Å². The first-order chi connectivity index (χ1) is 5.37. The molecule has 0 bridgehead atoms. The normalized spacial score (nSPS) is 13.5. The van der Waals surface area contributed by atoms with Crippen molar-refractivity contribution in [2.24, 2.45) is 0 Å². The number of hydrogen-bond acceptors (Lipinski definition) is 2. The lowest BCUT2D eigenvalue weighted by Crippen LogP contribution is -2.42. The van der Waals surface area contributed by atoms with Crippen molar-refractivity contribution in [3.8, 4) is 0 Å². The van der Waals surface area contributed by atoms with Crippen molar-refractivity contribution in [1.82, 2.24) is 0 Å². The number of rotatable bonds is 5. The van der Waals surface area contributed by atoms with Gasteiger partial charge in [0.1, 0.15) is 0 Å². The Balaban J connectivity index is 4.17. The van der Waals surface area contributed by atoms with Crippen molar-refractivity contribution in [1.29, 1.82) is 0 Å². The molecule has 0 fully saturated rings. The Labute approximate surface area is 67.5 Å². The van der Waals surface area contributed by atoms with Crippen LogP contribution in [0.2, 0.25) is 0 Å². The van der Waals surface area contributed by atoms with E-state index in [9.17, 15) is 17.6 Å². The molecule has 0 heterocycles. The Morgan fingerprint density at radius 1 is 1.08 bits per heavy atom. The minimum Gasteiger partial charge on any atom is -0.384 e. The molecule has 6 heteroatoms. The smallest absolute Gasteiger partial charge is 0.384 e. The Hall–Kier alpha value is -0.360. The fraction of sp³-hybridized carbons (Fsp3) is 1.00. The van der Waals surface area contributed by atoms with Crippen LogP contribution in [-0.2, 0) is 9.47 Å². The third-order valence-electron chi connectivity index (χ3n) is 1.30. The lowest BCUT2D eigenvalue weighted by Gasteiger charge is -2.24. The van der Waals surface area contributed by atoms with Gasteiger partial charge >= 0.3 is 12.0 Å². The molecule has 0 aliphatic carbocycles. The molecule has 0 amide bonds. The SMILES string of the molecule is COCCC(F)(F)C(F)(F)OC. The summed E-state index contributed by atoms with van der Waals surface area (Å²) in [5.41, 5.74) is 0. The lowest BCUT2D eigenvalue weighted by atomic mass is 10.2. The second kappa shape index (κ2) is 4.04. The molecule has 2 nitrogen and oxygen atoms in total. The van der Waals surface area contributed by atoms with Crippen molar-refractivity contribution in [3.63, 3.8) is 0 Å². The standard InChI is InChI=1S/C6H10F4O2/c1-11-4-3-5(7,8)6(9,10)12-2/h3-4H2,1-2H3. The van der Waals surface area contributed by atoms with E-state index in [2.05, 4.69) is 9.47 Å². The average molecular weight is 190 g/mol. The summed E-state index contributed by atoms with van der Waals surface area (Å²) in [6, 6.07) is 0. The molecule has 0 rings (SSSR count). The van der Waals surface area contributed by atoms with Crippen LogP contribution in [0, 0.1) is 0 Å². The summed E-state index contributed by atoms with van der Waals surface area (Å²) in [7, 11) is 1.68. The average Bonchev–Trinajstić information content (AvgIpc) is 2.00. The molecule has 0 radical (unpaired) electrons. The lowest BCUT2D eigenvalue weighted by molar-refractivity contribution is -0.340. The van der Waals surface area contributed by atoms with Crippen LogP contribution in [0.4, 0.5) is 17.6 Å². The number of methoxy groups -OCH3 is 2. The summed E-state index contributed by atoms with van der Waals surface area (Å²) in [6.07, 6.45) is -5.49. The minimum atomic E-state index is -4.43. The Morgan fingerprint density at radius 3 is 1.92 bits per heavy atom. The molecule has 0 aromatic heterocycles. The molecule has 0 aromatic rings. The molecule has 12 heavy (non-hydrogen) atoms. The first kappa shape index (κ1) is 11.6. The molecule has 0 aromatic carbocycles. The summed E-state index contributed by atoms with van der Waals surface area (Å²) >= 11 is 0. The maximum absolute atomic E-state index is 12.4. The van der Waals surface area contributed by atoms with Crippen LogP contribution in [0.1, 0.15) is 6.42 Å². The van der Waals surface area contributed by atoms with Gasteiger partial charge in [0.05, 0.1) is 6.61 Å². The first-order valence-electron chi connectivity index (χ1n) is 3.17. The third-order valence-corrected chi connectivity index (χ3v) is 1.30. The second-order valence-corrected chi connectivity index (χ2v) is 2.17. The monoisotopic (exact) mass is 190 g/mol. The summed E-state index contributed by atoms with van der Waals surface area (Å²) in [5, 5.41) is 0. The number of halogens is 4. The molecule has 0 saturated carbocycles. The van der Waals surface area contributed by atoms with Crippen LogP contribution in [-0.4, -0.2) is 32.9 Å². The van der Waals surface area contributed by atoms with Crippen molar-refractivity contribution >= 4 is 0 Å². The van der Waals surface area contributed by atoms with Gasteiger partial charge in [0.15, 0.2) is 0 Å². The summed E-state index contributed by atoms with van der Waals surface area (Å²) in [5.74, 6) is -4.18. The van der Waals surface area contributed by atoms with Gasteiger partial charge in [0, 0.05) is 20.6 Å². The third kappa shape index (κ3) is 2.60. The van der Waals surface area contributed by atoms with Crippen molar-refractivity contribution in [2.75, 3.05) is 20.8 Å². The van der Waals surface area contributed by atoms with E-state index in [1.165, 1.54) is 0 Å². The van der Waals surface area contributed by atoms with E-state index in [0.29, 0.717) is 7.11 Å². The number of ether oxygens (including phenoxy) is 2. The van der Waals surface area contributed by atoms with Crippen molar-refractivity contribution < 1.29 is 27.0 Å². The zero-order valence-electron chi connectivity index (χ0n) is 6.74. The molecule has 0 saturated heterocycles. The molecular weight excluding hydrogens is 180 g/mol. The Morgan fingerprint density at radius 2 is 1.58 bits per heavy atom. The molecule has 0 unspecified atom stereocenters. The molecule has 0 aliphatic rings. The zero-order chi connectivity index (χ0) is 9.83. The molecule has 0 N–H and O–H groups in total. The maximum atomic E-state index is 12.4. The Bertz CT molecular complexity index is 138. The fourth-order valence-corrected chi connectivity index (χ4v) is 0.525. The van der Waals surface area contributed by atoms with Gasteiger partial charge in [-0.1, -0.05) is 0 Å². The van der Waals surface area contributed by atoms with Gasteiger partial charge in [-0.2, -0.15) is 17.6 Å². The Kier molecular flexibility index (Phi) is 3.92. The van der Waals surface area contributed by atoms with Gasteiger partial charge in [-0.25, -0.2) is 0 Å². The topological polar surface area (TPSA) is 18.5 Å². The van der Waals surface area contributed by atoms with E-state index < -0.39 is 25.1 Å². The van der Waals surface area contributed by atoms with Crippen LogP contribution in [0.3, 0.4) is 0 Å². The van der Waals surface area contributed by atoms with E-state index in [0.717, 1.165) is 7.11 Å². The largest absolute Gasteiger partial charge is 0.419 e. The predicted molar refractivity (Wildman–Crippen MR) is 33.4 cm³/mol. The first-order valence-corrected chi connectivity index (χ1v) is 3.17. The van der Waals surface area contributed by atoms with Crippen LogP contribution in [0.25, 0.3) is 0 Å².